The lowest BCUT2D eigenvalue weighted by Gasteiger charge is -2.22. The van der Waals surface area contributed by atoms with Gasteiger partial charge in [0.1, 0.15) is 11.8 Å². The van der Waals surface area contributed by atoms with Crippen LogP contribution < -0.4 is 15.4 Å². The van der Waals surface area contributed by atoms with Crippen molar-refractivity contribution in [3.63, 3.8) is 0 Å². The Balaban J connectivity index is 1.65. The van der Waals surface area contributed by atoms with E-state index >= 15 is 0 Å². The number of carbonyl (C=O) groups is 2. The van der Waals surface area contributed by atoms with Gasteiger partial charge in [-0.25, -0.2) is 0 Å². The number of hydrogen-bond acceptors (Lipinski definition) is 4. The van der Waals surface area contributed by atoms with E-state index in [1.807, 2.05) is 30.3 Å². The van der Waals surface area contributed by atoms with Gasteiger partial charge in [-0.1, -0.05) is 18.2 Å². The first-order valence-corrected chi connectivity index (χ1v) is 8.33. The second-order valence-electron chi connectivity index (χ2n) is 5.99. The van der Waals surface area contributed by atoms with Gasteiger partial charge in [0.25, 0.3) is 5.91 Å². The summed E-state index contributed by atoms with van der Waals surface area (Å²) in [5, 5.41) is 5.52. The van der Waals surface area contributed by atoms with Gasteiger partial charge in [-0.15, -0.1) is 0 Å². The number of hydrogen-bond donors (Lipinski definition) is 2. The van der Waals surface area contributed by atoms with Gasteiger partial charge < -0.3 is 15.4 Å². The van der Waals surface area contributed by atoms with Gasteiger partial charge in [-0.3, -0.25) is 14.6 Å². The minimum Gasteiger partial charge on any atom is -0.496 e. The maximum atomic E-state index is 12.3. The lowest BCUT2D eigenvalue weighted by Crippen LogP contribution is -2.50. The van der Waals surface area contributed by atoms with E-state index in [0.29, 0.717) is 24.9 Å². The van der Waals surface area contributed by atoms with Gasteiger partial charge in [0, 0.05) is 30.4 Å². The van der Waals surface area contributed by atoms with Crippen LogP contribution in [0.1, 0.15) is 34.5 Å². The van der Waals surface area contributed by atoms with Crippen LogP contribution >= 0.6 is 0 Å². The van der Waals surface area contributed by atoms with Crippen molar-refractivity contribution in [2.75, 3.05) is 13.7 Å². The van der Waals surface area contributed by atoms with Gasteiger partial charge in [0.05, 0.1) is 12.7 Å². The number of carbonyl (C=O) groups excluding carboxylic acids is 2. The van der Waals surface area contributed by atoms with E-state index in [1.165, 1.54) is 0 Å². The van der Waals surface area contributed by atoms with Crippen LogP contribution in [-0.2, 0) is 11.2 Å². The first-order chi connectivity index (χ1) is 12.2. The summed E-state index contributed by atoms with van der Waals surface area (Å²) in [5.74, 6) is 0.410. The number of benzene rings is 1. The third-order valence-corrected chi connectivity index (χ3v) is 4.24. The van der Waals surface area contributed by atoms with Gasteiger partial charge in [0.15, 0.2) is 0 Å². The van der Waals surface area contributed by atoms with Crippen molar-refractivity contribution < 1.29 is 14.3 Å². The summed E-state index contributed by atoms with van der Waals surface area (Å²) in [5.41, 5.74) is 2.33. The highest BCUT2D eigenvalue weighted by Crippen LogP contribution is 2.20. The van der Waals surface area contributed by atoms with Gasteiger partial charge in [-0.2, -0.15) is 0 Å². The topological polar surface area (TPSA) is 80.3 Å². The van der Waals surface area contributed by atoms with Crippen molar-refractivity contribution in [3.05, 3.63) is 59.4 Å². The molecule has 25 heavy (non-hydrogen) atoms. The van der Waals surface area contributed by atoms with Crippen molar-refractivity contribution in [1.82, 2.24) is 15.6 Å². The molecule has 1 fully saturated rings. The first-order valence-electron chi connectivity index (χ1n) is 8.33. The zero-order chi connectivity index (χ0) is 17.6. The molecule has 0 saturated carbocycles. The zero-order valence-corrected chi connectivity index (χ0v) is 14.1. The molecule has 1 aromatic heterocycles. The molecule has 0 radical (unpaired) electrons. The number of nitrogens with one attached hydrogen (secondary N) is 2. The number of ether oxygens (including phenoxy) is 1. The molecule has 6 heteroatoms. The van der Waals surface area contributed by atoms with E-state index < -0.39 is 6.04 Å². The van der Waals surface area contributed by atoms with Crippen LogP contribution in [0.25, 0.3) is 0 Å². The van der Waals surface area contributed by atoms with Gasteiger partial charge in [-0.05, 0) is 31.0 Å². The molecule has 1 aliphatic heterocycles. The number of pyridine rings is 1. The summed E-state index contributed by atoms with van der Waals surface area (Å²) in [4.78, 5) is 28.4. The van der Waals surface area contributed by atoms with Crippen molar-refractivity contribution in [1.29, 1.82) is 0 Å². The predicted molar refractivity (Wildman–Crippen MR) is 93.5 cm³/mol. The minimum atomic E-state index is -0.463. The van der Waals surface area contributed by atoms with Crippen LogP contribution in [0.2, 0.25) is 0 Å². The Morgan fingerprint density at radius 3 is 2.88 bits per heavy atom. The molecule has 6 nitrogen and oxygen atoms in total. The highest BCUT2D eigenvalue weighted by molar-refractivity contribution is 5.97. The van der Waals surface area contributed by atoms with E-state index in [4.69, 9.17) is 4.74 Å². The number of para-hydroxylation sites is 1. The van der Waals surface area contributed by atoms with E-state index in [0.717, 1.165) is 23.4 Å². The molecular formula is C19H21N3O3. The molecule has 1 aliphatic rings. The number of rotatable bonds is 5. The lowest BCUT2D eigenvalue weighted by atomic mass is 10.1. The third-order valence-electron chi connectivity index (χ3n) is 4.24. The maximum absolute atomic E-state index is 12.3. The van der Waals surface area contributed by atoms with Crippen molar-refractivity contribution in [3.8, 4) is 5.75 Å². The number of piperidine rings is 1. The Labute approximate surface area is 146 Å². The van der Waals surface area contributed by atoms with Crippen molar-refractivity contribution in [2.45, 2.75) is 25.3 Å². The molecule has 0 bridgehead atoms. The largest absolute Gasteiger partial charge is 0.496 e. The first kappa shape index (κ1) is 17.0. The third kappa shape index (κ3) is 4.15. The molecule has 2 N–H and O–H groups in total. The number of methoxy groups -OCH3 is 1. The fourth-order valence-corrected chi connectivity index (χ4v) is 2.86. The molecule has 1 atom stereocenters. The summed E-state index contributed by atoms with van der Waals surface area (Å²) >= 11 is 0. The summed E-state index contributed by atoms with van der Waals surface area (Å²) in [7, 11) is 1.64. The summed E-state index contributed by atoms with van der Waals surface area (Å²) < 4.78 is 5.34. The molecular weight excluding hydrogens is 318 g/mol. The van der Waals surface area contributed by atoms with Gasteiger partial charge in [0.2, 0.25) is 5.91 Å². The lowest BCUT2D eigenvalue weighted by molar-refractivity contribution is -0.124. The molecule has 1 saturated heterocycles. The standard InChI is InChI=1S/C19H21N3O3/c1-25-17-7-3-2-5-13(17)11-15-9-8-14(12-21-15)18(23)22-16-6-4-10-20-19(16)24/h2-3,5,7-9,12,16H,4,6,10-11H2,1H3,(H,20,24)(H,22,23)/t16-/m1/s1. The Bertz CT molecular complexity index is 759. The van der Waals surface area contributed by atoms with Crippen molar-refractivity contribution in [2.24, 2.45) is 0 Å². The Hall–Kier alpha value is -2.89. The number of amides is 2. The minimum absolute atomic E-state index is 0.125. The quantitative estimate of drug-likeness (QED) is 0.869. The molecule has 0 spiro atoms. The van der Waals surface area contributed by atoms with E-state index in [9.17, 15) is 9.59 Å². The maximum Gasteiger partial charge on any atom is 0.253 e. The molecule has 130 valence electrons. The van der Waals surface area contributed by atoms with Crippen LogP contribution in [0.3, 0.4) is 0 Å². The molecule has 2 aromatic rings. The van der Waals surface area contributed by atoms with E-state index in [2.05, 4.69) is 15.6 Å². The van der Waals surface area contributed by atoms with E-state index in [1.54, 1.807) is 19.4 Å². The number of nitrogens with zero attached hydrogens (tertiary/aromatic N) is 1. The smallest absolute Gasteiger partial charge is 0.253 e. The van der Waals surface area contributed by atoms with Crippen LogP contribution in [-0.4, -0.2) is 36.5 Å². The Kier molecular flexibility index (Phi) is 5.28. The highest BCUT2D eigenvalue weighted by Gasteiger charge is 2.24. The van der Waals surface area contributed by atoms with Crippen LogP contribution in [0, 0.1) is 0 Å². The normalized spacial score (nSPS) is 16.8. The summed E-state index contributed by atoms with van der Waals surface area (Å²) in [6.45, 7) is 0.671. The Morgan fingerprint density at radius 2 is 2.16 bits per heavy atom. The Morgan fingerprint density at radius 1 is 1.32 bits per heavy atom. The molecule has 2 amide bonds. The zero-order valence-electron chi connectivity index (χ0n) is 14.1. The molecule has 0 unspecified atom stereocenters. The molecule has 3 rings (SSSR count). The number of aromatic nitrogens is 1. The highest BCUT2D eigenvalue weighted by atomic mass is 16.5. The monoisotopic (exact) mass is 339 g/mol. The average molecular weight is 339 g/mol. The van der Waals surface area contributed by atoms with Crippen LogP contribution in [0.15, 0.2) is 42.6 Å². The molecule has 0 aliphatic carbocycles. The van der Waals surface area contributed by atoms with Crippen molar-refractivity contribution >= 4 is 11.8 Å². The molecule has 1 aromatic carbocycles. The predicted octanol–water partition coefficient (Wildman–Crippen LogP) is 1.69. The van der Waals surface area contributed by atoms with Crippen LogP contribution in [0.4, 0.5) is 0 Å². The van der Waals surface area contributed by atoms with Crippen LogP contribution in [0.5, 0.6) is 5.75 Å². The fourth-order valence-electron chi connectivity index (χ4n) is 2.86. The van der Waals surface area contributed by atoms with E-state index in [-0.39, 0.29) is 11.8 Å². The fraction of sp³-hybridized carbons (Fsp3) is 0.316. The molecule has 2 heterocycles. The second kappa shape index (κ2) is 7.79. The SMILES string of the molecule is COc1ccccc1Cc1ccc(C(=O)N[C@@H]2CCCNC2=O)cn1. The van der Waals surface area contributed by atoms with Gasteiger partial charge >= 0.3 is 0 Å². The summed E-state index contributed by atoms with van der Waals surface area (Å²) in [6, 6.07) is 10.9. The average Bonchev–Trinajstić information content (AvgIpc) is 2.64. The second-order valence-corrected chi connectivity index (χ2v) is 5.99. The summed E-state index contributed by atoms with van der Waals surface area (Å²) in [6.07, 6.45) is 3.70.